The monoisotopic (exact) mass is 285 g/mol. The van der Waals surface area contributed by atoms with Gasteiger partial charge in [0, 0.05) is 17.7 Å². The van der Waals surface area contributed by atoms with E-state index < -0.39 is 12.6 Å². The number of benzene rings is 1. The number of aryl methyl sites for hydroxylation is 2. The summed E-state index contributed by atoms with van der Waals surface area (Å²) in [5.74, 6) is 0.229. The van der Waals surface area contributed by atoms with Crippen molar-refractivity contribution in [2.24, 2.45) is 0 Å². The summed E-state index contributed by atoms with van der Waals surface area (Å²) in [6.45, 7) is 3.75. The van der Waals surface area contributed by atoms with Crippen molar-refractivity contribution in [3.05, 3.63) is 29.1 Å². The Bertz CT molecular complexity index is 620. The van der Waals surface area contributed by atoms with Crippen LogP contribution in [0.2, 0.25) is 0 Å². The highest BCUT2D eigenvalue weighted by atomic mass is 19.4. The van der Waals surface area contributed by atoms with Crippen LogP contribution in [0.4, 0.5) is 18.9 Å². The Kier molecular flexibility index (Phi) is 3.69. The summed E-state index contributed by atoms with van der Waals surface area (Å²) in [5.41, 5.74) is 8.80. The normalized spacial score (nSPS) is 11.8. The molecule has 1 aromatic carbocycles. The van der Waals surface area contributed by atoms with Crippen molar-refractivity contribution < 1.29 is 17.7 Å². The first-order chi connectivity index (χ1) is 9.26. The van der Waals surface area contributed by atoms with Crippen LogP contribution in [0.3, 0.4) is 0 Å². The smallest absolute Gasteiger partial charge is 0.389 e. The van der Waals surface area contributed by atoms with Gasteiger partial charge in [0.15, 0.2) is 5.82 Å². The van der Waals surface area contributed by atoms with Gasteiger partial charge >= 0.3 is 6.18 Å². The Labute approximate surface area is 113 Å². The van der Waals surface area contributed by atoms with Crippen LogP contribution in [0.25, 0.3) is 11.5 Å². The van der Waals surface area contributed by atoms with Crippen LogP contribution in [-0.2, 0) is 6.42 Å². The highest BCUT2D eigenvalue weighted by molar-refractivity contribution is 5.66. The summed E-state index contributed by atoms with van der Waals surface area (Å²) in [6.07, 6.45) is -5.50. The number of nitrogens with zero attached hydrogens (tertiary/aromatic N) is 2. The summed E-state index contributed by atoms with van der Waals surface area (Å²) in [6, 6.07) is 3.48. The topological polar surface area (TPSA) is 64.9 Å². The summed E-state index contributed by atoms with van der Waals surface area (Å²) in [5, 5.41) is 3.57. The third-order valence-electron chi connectivity index (χ3n) is 3.02. The van der Waals surface area contributed by atoms with Crippen LogP contribution in [0, 0.1) is 13.8 Å². The molecule has 0 unspecified atom stereocenters. The zero-order chi connectivity index (χ0) is 14.9. The van der Waals surface area contributed by atoms with Crippen LogP contribution in [0.1, 0.15) is 23.4 Å². The number of alkyl halides is 3. The Morgan fingerprint density at radius 3 is 2.60 bits per heavy atom. The molecule has 2 N–H and O–H groups in total. The predicted octanol–water partition coefficient (Wildman–Crippen LogP) is 3.43. The molecule has 0 bridgehead atoms. The van der Waals surface area contributed by atoms with E-state index >= 15 is 0 Å². The van der Waals surface area contributed by atoms with Crippen molar-refractivity contribution >= 4 is 5.69 Å². The van der Waals surface area contributed by atoms with Gasteiger partial charge in [-0.15, -0.1) is 0 Å². The second-order valence-electron chi connectivity index (χ2n) is 4.64. The molecule has 0 saturated carbocycles. The molecule has 1 aromatic heterocycles. The molecule has 2 rings (SSSR count). The molecule has 0 aliphatic carbocycles. The van der Waals surface area contributed by atoms with Gasteiger partial charge in [0.05, 0.1) is 6.42 Å². The third-order valence-corrected chi connectivity index (χ3v) is 3.02. The van der Waals surface area contributed by atoms with Crippen molar-refractivity contribution in [3.8, 4) is 11.5 Å². The van der Waals surface area contributed by atoms with E-state index in [1.54, 1.807) is 12.1 Å². The van der Waals surface area contributed by atoms with E-state index in [0.29, 0.717) is 11.3 Å². The highest BCUT2D eigenvalue weighted by Gasteiger charge is 2.27. The number of anilines is 1. The summed E-state index contributed by atoms with van der Waals surface area (Å²) in [7, 11) is 0. The maximum absolute atomic E-state index is 12.1. The van der Waals surface area contributed by atoms with Crippen LogP contribution in [0.5, 0.6) is 0 Å². The zero-order valence-corrected chi connectivity index (χ0v) is 11.1. The van der Waals surface area contributed by atoms with Crippen molar-refractivity contribution in [2.75, 3.05) is 5.73 Å². The molecule has 7 heteroatoms. The summed E-state index contributed by atoms with van der Waals surface area (Å²) in [4.78, 5) is 3.99. The van der Waals surface area contributed by atoms with Gasteiger partial charge in [-0.25, -0.2) is 0 Å². The van der Waals surface area contributed by atoms with Crippen molar-refractivity contribution in [2.45, 2.75) is 32.9 Å². The van der Waals surface area contributed by atoms with Gasteiger partial charge in [-0.1, -0.05) is 5.16 Å². The first-order valence-electron chi connectivity index (χ1n) is 6.02. The number of aromatic nitrogens is 2. The molecule has 20 heavy (non-hydrogen) atoms. The van der Waals surface area contributed by atoms with E-state index in [2.05, 4.69) is 10.1 Å². The molecule has 0 saturated heterocycles. The minimum absolute atomic E-state index is 0.0387. The van der Waals surface area contributed by atoms with E-state index in [1.807, 2.05) is 13.8 Å². The molecule has 0 spiro atoms. The standard InChI is InChI=1S/C13H14F3N3O/c1-7-5-9(17)6-10(8(7)2)12-18-11(19-20-12)3-4-13(14,15)16/h5-6H,3-4,17H2,1-2H3. The lowest BCUT2D eigenvalue weighted by Crippen LogP contribution is -2.09. The predicted molar refractivity (Wildman–Crippen MR) is 68.0 cm³/mol. The van der Waals surface area contributed by atoms with Gasteiger partial charge in [0.1, 0.15) is 0 Å². The Hall–Kier alpha value is -2.05. The number of hydrogen-bond donors (Lipinski definition) is 1. The second-order valence-corrected chi connectivity index (χ2v) is 4.64. The number of halogens is 3. The fourth-order valence-electron chi connectivity index (χ4n) is 1.83. The molecular weight excluding hydrogens is 271 g/mol. The van der Waals surface area contributed by atoms with Gasteiger partial charge in [-0.2, -0.15) is 18.2 Å². The van der Waals surface area contributed by atoms with Gasteiger partial charge in [0.25, 0.3) is 5.89 Å². The van der Waals surface area contributed by atoms with Crippen LogP contribution < -0.4 is 5.73 Å². The molecular formula is C13H14F3N3O. The Balaban J connectivity index is 2.25. The lowest BCUT2D eigenvalue weighted by molar-refractivity contribution is -0.134. The van der Waals surface area contributed by atoms with E-state index in [0.717, 1.165) is 11.1 Å². The molecule has 0 fully saturated rings. The van der Waals surface area contributed by atoms with E-state index in [-0.39, 0.29) is 18.1 Å². The summed E-state index contributed by atoms with van der Waals surface area (Å²) >= 11 is 0. The van der Waals surface area contributed by atoms with Crippen LogP contribution in [-0.4, -0.2) is 16.3 Å². The molecule has 108 valence electrons. The quantitative estimate of drug-likeness (QED) is 0.877. The largest absolute Gasteiger partial charge is 0.399 e. The first kappa shape index (κ1) is 14.4. The van der Waals surface area contributed by atoms with E-state index in [4.69, 9.17) is 10.3 Å². The minimum atomic E-state index is -4.23. The Morgan fingerprint density at radius 2 is 1.95 bits per heavy atom. The SMILES string of the molecule is Cc1cc(N)cc(-c2nc(CCC(F)(F)F)no2)c1C. The molecule has 2 aromatic rings. The van der Waals surface area contributed by atoms with Gasteiger partial charge in [-0.3, -0.25) is 0 Å². The third kappa shape index (κ3) is 3.28. The molecule has 0 aliphatic rings. The molecule has 0 aliphatic heterocycles. The zero-order valence-electron chi connectivity index (χ0n) is 11.1. The maximum Gasteiger partial charge on any atom is 0.389 e. The second kappa shape index (κ2) is 5.15. The van der Waals surface area contributed by atoms with Crippen molar-refractivity contribution in [1.82, 2.24) is 10.1 Å². The number of hydrogen-bond acceptors (Lipinski definition) is 4. The molecule has 0 atom stereocenters. The molecule has 0 amide bonds. The lowest BCUT2D eigenvalue weighted by Gasteiger charge is -2.06. The van der Waals surface area contributed by atoms with E-state index in [1.165, 1.54) is 0 Å². The van der Waals surface area contributed by atoms with Gasteiger partial charge < -0.3 is 10.3 Å². The molecule has 4 nitrogen and oxygen atoms in total. The molecule has 0 radical (unpaired) electrons. The molecule has 1 heterocycles. The minimum Gasteiger partial charge on any atom is -0.399 e. The van der Waals surface area contributed by atoms with Crippen LogP contribution in [0.15, 0.2) is 16.7 Å². The fourth-order valence-corrected chi connectivity index (χ4v) is 1.83. The van der Waals surface area contributed by atoms with Gasteiger partial charge in [-0.05, 0) is 37.1 Å². The lowest BCUT2D eigenvalue weighted by atomic mass is 10.0. The number of nitrogens with two attached hydrogens (primary N) is 1. The van der Waals surface area contributed by atoms with Crippen molar-refractivity contribution in [1.29, 1.82) is 0 Å². The number of rotatable bonds is 3. The number of nitrogen functional groups attached to an aromatic ring is 1. The highest BCUT2D eigenvalue weighted by Crippen LogP contribution is 2.28. The van der Waals surface area contributed by atoms with E-state index in [9.17, 15) is 13.2 Å². The summed E-state index contributed by atoms with van der Waals surface area (Å²) < 4.78 is 41.4. The average molecular weight is 285 g/mol. The fraction of sp³-hybridized carbons (Fsp3) is 0.385. The Morgan fingerprint density at radius 1 is 1.25 bits per heavy atom. The average Bonchev–Trinajstić information content (AvgIpc) is 2.79. The van der Waals surface area contributed by atoms with Gasteiger partial charge in [0.2, 0.25) is 0 Å². The first-order valence-corrected chi connectivity index (χ1v) is 6.02. The van der Waals surface area contributed by atoms with Crippen molar-refractivity contribution in [3.63, 3.8) is 0 Å². The van der Waals surface area contributed by atoms with Crippen LogP contribution >= 0.6 is 0 Å². The maximum atomic E-state index is 12.1.